The summed E-state index contributed by atoms with van der Waals surface area (Å²) < 4.78 is 10.3. The maximum Gasteiger partial charge on any atom is 0.320 e. The molecule has 0 bridgehead atoms. The largest absolute Gasteiger partial charge is 0.466 e. The Morgan fingerprint density at radius 2 is 2.00 bits per heavy atom. The molecule has 1 aliphatic rings. The zero-order valence-electron chi connectivity index (χ0n) is 12.4. The number of ether oxygens (including phenoxy) is 2. The molecule has 110 valence electrons. The Labute approximate surface area is 115 Å². The first-order chi connectivity index (χ1) is 8.81. The zero-order chi connectivity index (χ0) is 14.5. The van der Waals surface area contributed by atoms with Gasteiger partial charge in [-0.1, -0.05) is 0 Å². The molecule has 5 heteroatoms. The number of nitrogens with zero attached hydrogens (tertiary/aromatic N) is 1. The first-order valence-electron chi connectivity index (χ1n) is 6.92. The van der Waals surface area contributed by atoms with E-state index in [-0.39, 0.29) is 24.4 Å². The van der Waals surface area contributed by atoms with Crippen LogP contribution in [0, 0.1) is 5.92 Å². The summed E-state index contributed by atoms with van der Waals surface area (Å²) in [5, 5.41) is 0. The summed E-state index contributed by atoms with van der Waals surface area (Å²) in [5.74, 6) is -0.510. The third-order valence-corrected chi connectivity index (χ3v) is 2.90. The number of rotatable bonds is 4. The lowest BCUT2D eigenvalue weighted by Crippen LogP contribution is -2.43. The van der Waals surface area contributed by atoms with Gasteiger partial charge < -0.3 is 9.47 Å². The maximum atomic E-state index is 11.7. The van der Waals surface area contributed by atoms with Crippen LogP contribution in [-0.2, 0) is 19.1 Å². The number of hydrogen-bond acceptors (Lipinski definition) is 5. The zero-order valence-corrected chi connectivity index (χ0v) is 12.4. The molecule has 0 amide bonds. The molecule has 0 N–H and O–H groups in total. The summed E-state index contributed by atoms with van der Waals surface area (Å²) in [5.41, 5.74) is -0.465. The average molecular weight is 271 g/mol. The highest BCUT2D eigenvalue weighted by molar-refractivity contribution is 5.74. The van der Waals surface area contributed by atoms with Crippen molar-refractivity contribution in [3.05, 3.63) is 0 Å². The molecule has 0 aromatic rings. The highest BCUT2D eigenvalue weighted by Crippen LogP contribution is 2.18. The first-order valence-corrected chi connectivity index (χ1v) is 6.92. The minimum atomic E-state index is -0.465. The van der Waals surface area contributed by atoms with Crippen LogP contribution in [0.15, 0.2) is 0 Å². The molecule has 0 saturated carbocycles. The van der Waals surface area contributed by atoms with E-state index in [9.17, 15) is 9.59 Å². The van der Waals surface area contributed by atoms with Gasteiger partial charge in [0.05, 0.1) is 19.1 Å². The van der Waals surface area contributed by atoms with Gasteiger partial charge in [0.1, 0.15) is 5.60 Å². The van der Waals surface area contributed by atoms with E-state index < -0.39 is 5.60 Å². The molecule has 1 aliphatic heterocycles. The number of carbonyl (C=O) groups is 2. The molecule has 0 aliphatic carbocycles. The van der Waals surface area contributed by atoms with Crippen molar-refractivity contribution < 1.29 is 19.1 Å². The smallest absolute Gasteiger partial charge is 0.320 e. The van der Waals surface area contributed by atoms with E-state index in [2.05, 4.69) is 0 Å². The Balaban J connectivity index is 2.42. The predicted octanol–water partition coefficient (Wildman–Crippen LogP) is 1.60. The van der Waals surface area contributed by atoms with E-state index in [1.54, 1.807) is 6.92 Å². The molecule has 1 saturated heterocycles. The highest BCUT2D eigenvalue weighted by atomic mass is 16.6. The van der Waals surface area contributed by atoms with Crippen LogP contribution in [0.25, 0.3) is 0 Å². The summed E-state index contributed by atoms with van der Waals surface area (Å²) >= 11 is 0. The van der Waals surface area contributed by atoms with Crippen LogP contribution in [0.2, 0.25) is 0 Å². The van der Waals surface area contributed by atoms with Gasteiger partial charge in [-0.2, -0.15) is 0 Å². The van der Waals surface area contributed by atoms with Crippen LogP contribution in [0.1, 0.15) is 40.5 Å². The van der Waals surface area contributed by atoms with Crippen molar-refractivity contribution in [3.8, 4) is 0 Å². The van der Waals surface area contributed by atoms with Crippen LogP contribution >= 0.6 is 0 Å². The van der Waals surface area contributed by atoms with E-state index in [0.29, 0.717) is 13.2 Å². The predicted molar refractivity (Wildman–Crippen MR) is 71.6 cm³/mol. The third kappa shape index (κ3) is 6.05. The van der Waals surface area contributed by atoms with Crippen LogP contribution in [0.5, 0.6) is 0 Å². The molecule has 1 rings (SSSR count). The molecule has 1 atom stereocenters. The average Bonchev–Trinajstić information content (AvgIpc) is 2.27. The summed E-state index contributed by atoms with van der Waals surface area (Å²) in [6, 6.07) is 0. The molecule has 1 heterocycles. The molecular weight excluding hydrogens is 246 g/mol. The number of likely N-dealkylation sites (tertiary alicyclic amines) is 1. The lowest BCUT2D eigenvalue weighted by atomic mass is 9.98. The monoisotopic (exact) mass is 271 g/mol. The van der Waals surface area contributed by atoms with E-state index in [4.69, 9.17) is 9.47 Å². The van der Waals surface area contributed by atoms with Gasteiger partial charge in [0.25, 0.3) is 0 Å². The Morgan fingerprint density at radius 1 is 1.32 bits per heavy atom. The van der Waals surface area contributed by atoms with Gasteiger partial charge in [-0.05, 0) is 47.1 Å². The van der Waals surface area contributed by atoms with Gasteiger partial charge in [-0.25, -0.2) is 0 Å². The summed E-state index contributed by atoms with van der Waals surface area (Å²) in [7, 11) is 0. The second-order valence-electron chi connectivity index (χ2n) is 5.91. The number of carbonyl (C=O) groups excluding carboxylic acids is 2. The minimum absolute atomic E-state index is 0.115. The van der Waals surface area contributed by atoms with Crippen LogP contribution < -0.4 is 0 Å². The lowest BCUT2D eigenvalue weighted by Gasteiger charge is -2.31. The van der Waals surface area contributed by atoms with Gasteiger partial charge in [-0.3, -0.25) is 14.5 Å². The molecule has 0 aromatic carbocycles. The van der Waals surface area contributed by atoms with E-state index in [1.165, 1.54) is 0 Å². The maximum absolute atomic E-state index is 11.7. The van der Waals surface area contributed by atoms with Gasteiger partial charge in [-0.15, -0.1) is 0 Å². The fourth-order valence-corrected chi connectivity index (χ4v) is 2.21. The van der Waals surface area contributed by atoms with Crippen molar-refractivity contribution in [1.29, 1.82) is 0 Å². The topological polar surface area (TPSA) is 55.8 Å². The molecule has 0 aromatic heterocycles. The first kappa shape index (κ1) is 16.0. The molecule has 0 unspecified atom stereocenters. The number of hydrogen-bond donors (Lipinski definition) is 0. The third-order valence-electron chi connectivity index (χ3n) is 2.90. The number of esters is 2. The Bertz CT molecular complexity index is 322. The van der Waals surface area contributed by atoms with Gasteiger partial charge in [0.15, 0.2) is 0 Å². The van der Waals surface area contributed by atoms with E-state index in [0.717, 1.165) is 19.4 Å². The van der Waals surface area contributed by atoms with E-state index >= 15 is 0 Å². The van der Waals surface area contributed by atoms with Crippen molar-refractivity contribution >= 4 is 11.9 Å². The Morgan fingerprint density at radius 3 is 2.58 bits per heavy atom. The second-order valence-corrected chi connectivity index (χ2v) is 5.91. The molecule has 19 heavy (non-hydrogen) atoms. The van der Waals surface area contributed by atoms with Crippen molar-refractivity contribution in [2.24, 2.45) is 5.92 Å². The molecule has 0 spiro atoms. The van der Waals surface area contributed by atoms with Crippen molar-refractivity contribution in [1.82, 2.24) is 4.90 Å². The van der Waals surface area contributed by atoms with Crippen LogP contribution in [-0.4, -0.2) is 48.7 Å². The van der Waals surface area contributed by atoms with Crippen LogP contribution in [0.4, 0.5) is 0 Å². The minimum Gasteiger partial charge on any atom is -0.466 e. The van der Waals surface area contributed by atoms with Crippen molar-refractivity contribution in [3.63, 3.8) is 0 Å². The molecule has 0 radical (unpaired) electrons. The highest BCUT2D eigenvalue weighted by Gasteiger charge is 2.28. The standard InChI is InChI=1S/C14H25NO4/c1-5-18-13(17)11-7-6-8-15(9-11)10-12(16)19-14(2,3)4/h11H,5-10H2,1-4H3/t11-/m1/s1. The fourth-order valence-electron chi connectivity index (χ4n) is 2.21. The SMILES string of the molecule is CCOC(=O)[C@@H]1CCCN(CC(=O)OC(C)(C)C)C1. The lowest BCUT2D eigenvalue weighted by molar-refractivity contribution is -0.158. The summed E-state index contributed by atoms with van der Waals surface area (Å²) in [6.45, 7) is 9.41. The Hall–Kier alpha value is -1.10. The Kier molecular flexibility index (Phi) is 5.79. The summed E-state index contributed by atoms with van der Waals surface area (Å²) in [6.07, 6.45) is 1.75. The molecule has 1 fully saturated rings. The fraction of sp³-hybridized carbons (Fsp3) is 0.857. The number of piperidine rings is 1. The quantitative estimate of drug-likeness (QED) is 0.727. The van der Waals surface area contributed by atoms with Crippen molar-refractivity contribution in [2.75, 3.05) is 26.2 Å². The van der Waals surface area contributed by atoms with Gasteiger partial charge >= 0.3 is 11.9 Å². The van der Waals surface area contributed by atoms with Crippen LogP contribution in [0.3, 0.4) is 0 Å². The normalized spacial score (nSPS) is 20.9. The summed E-state index contributed by atoms with van der Waals surface area (Å²) in [4.78, 5) is 25.4. The van der Waals surface area contributed by atoms with Gasteiger partial charge in [0.2, 0.25) is 0 Å². The second kappa shape index (κ2) is 6.89. The molecule has 5 nitrogen and oxygen atoms in total. The van der Waals surface area contributed by atoms with Gasteiger partial charge in [0, 0.05) is 6.54 Å². The van der Waals surface area contributed by atoms with Crippen molar-refractivity contribution in [2.45, 2.75) is 46.1 Å². The van der Waals surface area contributed by atoms with E-state index in [1.807, 2.05) is 25.7 Å². The molecular formula is C14H25NO4.